The Morgan fingerprint density at radius 3 is 2.53 bits per heavy atom. The number of alkyl halides is 3. The van der Waals surface area contributed by atoms with E-state index in [0.717, 1.165) is 32.0 Å². The summed E-state index contributed by atoms with van der Waals surface area (Å²) < 4.78 is 35.5. The maximum Gasteiger partial charge on any atom is 0.389 e. The summed E-state index contributed by atoms with van der Waals surface area (Å²) in [5.41, 5.74) is 0. The minimum absolute atomic E-state index is 0.239. The lowest BCUT2D eigenvalue weighted by Crippen LogP contribution is -2.18. The van der Waals surface area contributed by atoms with Crippen LogP contribution in [0.25, 0.3) is 0 Å². The quantitative estimate of drug-likeness (QED) is 0.649. The van der Waals surface area contributed by atoms with Gasteiger partial charge < -0.3 is 10.6 Å². The van der Waals surface area contributed by atoms with Crippen LogP contribution in [0, 0.1) is 5.92 Å². The van der Waals surface area contributed by atoms with Crippen LogP contribution in [0.4, 0.5) is 13.2 Å². The first-order valence-electron chi connectivity index (χ1n) is 6.56. The summed E-state index contributed by atoms with van der Waals surface area (Å²) in [6.07, 6.45) is -0.162. The maximum atomic E-state index is 11.8. The second-order valence-electron chi connectivity index (χ2n) is 4.82. The van der Waals surface area contributed by atoms with Crippen molar-refractivity contribution in [2.75, 3.05) is 26.2 Å². The highest BCUT2D eigenvalue weighted by atomic mass is 19.4. The van der Waals surface area contributed by atoms with Crippen LogP contribution in [-0.2, 0) is 0 Å². The molecule has 0 aromatic carbocycles. The van der Waals surface area contributed by atoms with Gasteiger partial charge in [-0.25, -0.2) is 0 Å². The molecule has 0 saturated carbocycles. The van der Waals surface area contributed by atoms with E-state index in [1.54, 1.807) is 0 Å². The van der Waals surface area contributed by atoms with Crippen molar-refractivity contribution >= 4 is 0 Å². The summed E-state index contributed by atoms with van der Waals surface area (Å²) in [6, 6.07) is 0. The Balaban J connectivity index is 1.78. The summed E-state index contributed by atoms with van der Waals surface area (Å²) in [6.45, 7) is 3.91. The Hall–Kier alpha value is -0.290. The number of rotatable bonds is 8. The van der Waals surface area contributed by atoms with E-state index in [1.807, 2.05) is 0 Å². The standard InChI is InChI=1S/C12H23F3N2/c13-12(14,15)6-1-2-7-16-8-3-4-11-5-9-17-10-11/h11,16-17H,1-10H2. The third-order valence-electron chi connectivity index (χ3n) is 3.19. The van der Waals surface area contributed by atoms with Crippen LogP contribution in [0.3, 0.4) is 0 Å². The number of hydrogen-bond donors (Lipinski definition) is 2. The van der Waals surface area contributed by atoms with Gasteiger partial charge >= 0.3 is 6.18 Å². The monoisotopic (exact) mass is 252 g/mol. The van der Waals surface area contributed by atoms with Gasteiger partial charge in [0.2, 0.25) is 0 Å². The van der Waals surface area contributed by atoms with E-state index < -0.39 is 12.6 Å². The second-order valence-corrected chi connectivity index (χ2v) is 4.82. The Kier molecular flexibility index (Phi) is 6.89. The normalized spacial score (nSPS) is 21.0. The first kappa shape index (κ1) is 14.8. The lowest BCUT2D eigenvalue weighted by molar-refractivity contribution is -0.135. The third kappa shape index (κ3) is 8.44. The fourth-order valence-electron chi connectivity index (χ4n) is 2.18. The fraction of sp³-hybridized carbons (Fsp3) is 1.00. The van der Waals surface area contributed by atoms with E-state index in [4.69, 9.17) is 0 Å². The molecule has 1 aliphatic rings. The Labute approximate surface area is 101 Å². The molecule has 102 valence electrons. The number of unbranched alkanes of at least 4 members (excludes halogenated alkanes) is 1. The first-order valence-corrected chi connectivity index (χ1v) is 6.56. The van der Waals surface area contributed by atoms with Gasteiger partial charge in [0.25, 0.3) is 0 Å². The van der Waals surface area contributed by atoms with Crippen molar-refractivity contribution in [1.82, 2.24) is 10.6 Å². The van der Waals surface area contributed by atoms with Gasteiger partial charge in [-0.1, -0.05) is 0 Å². The first-order chi connectivity index (χ1) is 8.08. The topological polar surface area (TPSA) is 24.1 Å². The third-order valence-corrected chi connectivity index (χ3v) is 3.19. The van der Waals surface area contributed by atoms with Gasteiger partial charge in [-0.15, -0.1) is 0 Å². The molecule has 1 fully saturated rings. The van der Waals surface area contributed by atoms with Crippen molar-refractivity contribution < 1.29 is 13.2 Å². The maximum absolute atomic E-state index is 11.8. The van der Waals surface area contributed by atoms with Crippen LogP contribution < -0.4 is 10.6 Å². The van der Waals surface area contributed by atoms with Crippen molar-refractivity contribution in [1.29, 1.82) is 0 Å². The highest BCUT2D eigenvalue weighted by molar-refractivity contribution is 4.71. The molecule has 1 unspecified atom stereocenters. The molecule has 0 aliphatic carbocycles. The van der Waals surface area contributed by atoms with E-state index in [0.29, 0.717) is 13.0 Å². The molecule has 0 aromatic heterocycles. The van der Waals surface area contributed by atoms with Crippen LogP contribution in [0.15, 0.2) is 0 Å². The molecule has 1 rings (SSSR count). The number of nitrogens with one attached hydrogen (secondary N) is 2. The van der Waals surface area contributed by atoms with E-state index in [-0.39, 0.29) is 6.42 Å². The highest BCUT2D eigenvalue weighted by Crippen LogP contribution is 2.21. The molecular weight excluding hydrogens is 229 g/mol. The lowest BCUT2D eigenvalue weighted by Gasteiger charge is -2.09. The van der Waals surface area contributed by atoms with E-state index in [1.165, 1.54) is 12.8 Å². The van der Waals surface area contributed by atoms with Gasteiger partial charge in [-0.2, -0.15) is 13.2 Å². The summed E-state index contributed by atoms with van der Waals surface area (Å²) in [5, 5.41) is 6.54. The van der Waals surface area contributed by atoms with E-state index in [9.17, 15) is 13.2 Å². The van der Waals surface area contributed by atoms with Gasteiger partial charge in [-0.3, -0.25) is 0 Å². The fourth-order valence-corrected chi connectivity index (χ4v) is 2.18. The Morgan fingerprint density at radius 1 is 1.12 bits per heavy atom. The molecule has 0 aromatic rings. The molecule has 0 radical (unpaired) electrons. The Morgan fingerprint density at radius 2 is 1.88 bits per heavy atom. The second kappa shape index (κ2) is 7.93. The van der Waals surface area contributed by atoms with E-state index in [2.05, 4.69) is 10.6 Å². The van der Waals surface area contributed by atoms with Gasteiger partial charge in [0.15, 0.2) is 0 Å². The van der Waals surface area contributed by atoms with Gasteiger partial charge in [0.05, 0.1) is 0 Å². The average Bonchev–Trinajstić information content (AvgIpc) is 2.73. The van der Waals surface area contributed by atoms with Crippen molar-refractivity contribution in [3.8, 4) is 0 Å². The molecule has 5 heteroatoms. The molecular formula is C12H23F3N2. The van der Waals surface area contributed by atoms with Gasteiger partial charge in [0.1, 0.15) is 0 Å². The summed E-state index contributed by atoms with van der Waals surface area (Å²) in [7, 11) is 0. The molecule has 1 aliphatic heterocycles. The summed E-state index contributed by atoms with van der Waals surface area (Å²) in [4.78, 5) is 0. The summed E-state index contributed by atoms with van der Waals surface area (Å²) >= 11 is 0. The lowest BCUT2D eigenvalue weighted by atomic mass is 10.0. The van der Waals surface area contributed by atoms with E-state index >= 15 is 0 Å². The molecule has 0 bridgehead atoms. The smallest absolute Gasteiger partial charge is 0.317 e. The van der Waals surface area contributed by atoms with Gasteiger partial charge in [-0.05, 0) is 64.2 Å². The molecule has 0 spiro atoms. The van der Waals surface area contributed by atoms with Crippen molar-refractivity contribution in [2.45, 2.75) is 44.7 Å². The SMILES string of the molecule is FC(F)(F)CCCCNCCCC1CCNC1. The predicted molar refractivity (Wildman–Crippen MR) is 63.0 cm³/mol. The largest absolute Gasteiger partial charge is 0.389 e. The average molecular weight is 252 g/mol. The number of halogens is 3. The Bertz CT molecular complexity index is 189. The number of hydrogen-bond acceptors (Lipinski definition) is 2. The van der Waals surface area contributed by atoms with Crippen LogP contribution in [-0.4, -0.2) is 32.4 Å². The molecule has 2 nitrogen and oxygen atoms in total. The molecule has 1 atom stereocenters. The zero-order chi connectivity index (χ0) is 12.6. The van der Waals surface area contributed by atoms with Crippen molar-refractivity contribution in [2.24, 2.45) is 5.92 Å². The zero-order valence-electron chi connectivity index (χ0n) is 10.3. The van der Waals surface area contributed by atoms with Crippen LogP contribution >= 0.6 is 0 Å². The molecule has 1 heterocycles. The highest BCUT2D eigenvalue weighted by Gasteiger charge is 2.25. The molecule has 1 saturated heterocycles. The van der Waals surface area contributed by atoms with Crippen LogP contribution in [0.5, 0.6) is 0 Å². The summed E-state index contributed by atoms with van der Waals surface area (Å²) in [5.74, 6) is 0.807. The van der Waals surface area contributed by atoms with Crippen LogP contribution in [0.1, 0.15) is 38.5 Å². The minimum atomic E-state index is -3.99. The van der Waals surface area contributed by atoms with Gasteiger partial charge in [0, 0.05) is 6.42 Å². The molecule has 17 heavy (non-hydrogen) atoms. The minimum Gasteiger partial charge on any atom is -0.317 e. The van der Waals surface area contributed by atoms with Crippen LogP contribution in [0.2, 0.25) is 0 Å². The molecule has 0 amide bonds. The van der Waals surface area contributed by atoms with Crippen molar-refractivity contribution in [3.63, 3.8) is 0 Å². The molecule has 2 N–H and O–H groups in total. The van der Waals surface area contributed by atoms with Crippen molar-refractivity contribution in [3.05, 3.63) is 0 Å². The zero-order valence-corrected chi connectivity index (χ0v) is 10.3. The predicted octanol–water partition coefficient (Wildman–Crippen LogP) is 2.70.